The Morgan fingerprint density at radius 1 is 1.53 bits per heavy atom. The van der Waals surface area contributed by atoms with E-state index >= 15 is 0 Å². The van der Waals surface area contributed by atoms with Crippen molar-refractivity contribution in [1.82, 2.24) is 9.97 Å². The topological polar surface area (TPSA) is 98.3 Å². The number of aryl methyl sites for hydroxylation is 1. The maximum atomic E-state index is 10.9. The van der Waals surface area contributed by atoms with E-state index in [0.29, 0.717) is 13.0 Å². The molecular formula is C12H13N3O3S. The maximum Gasteiger partial charge on any atom is 0.338 e. The number of aromatic nitrogens is 2. The summed E-state index contributed by atoms with van der Waals surface area (Å²) in [6.07, 6.45) is 2.00. The van der Waals surface area contributed by atoms with Gasteiger partial charge in [0.1, 0.15) is 0 Å². The average molecular weight is 279 g/mol. The first-order valence-corrected chi connectivity index (χ1v) is 6.46. The van der Waals surface area contributed by atoms with Crippen LogP contribution in [0.2, 0.25) is 0 Å². The molecule has 2 aromatic heterocycles. The van der Waals surface area contributed by atoms with Crippen molar-refractivity contribution in [2.45, 2.75) is 13.3 Å². The first-order valence-electron chi connectivity index (χ1n) is 5.58. The predicted octanol–water partition coefficient (Wildman–Crippen LogP) is 1.75. The second-order valence-electron chi connectivity index (χ2n) is 3.87. The number of nitrogens with two attached hydrogens (primary N) is 1. The summed E-state index contributed by atoms with van der Waals surface area (Å²) < 4.78 is 5.43. The molecule has 2 heterocycles. The van der Waals surface area contributed by atoms with E-state index in [1.165, 1.54) is 12.3 Å². The smallest absolute Gasteiger partial charge is 0.338 e. The van der Waals surface area contributed by atoms with Gasteiger partial charge in [-0.15, -0.1) is 11.3 Å². The van der Waals surface area contributed by atoms with Crippen LogP contribution in [-0.4, -0.2) is 27.7 Å². The molecule has 7 heteroatoms. The fourth-order valence-electron chi connectivity index (χ4n) is 1.53. The number of ether oxygens (including phenoxy) is 1. The van der Waals surface area contributed by atoms with Crippen molar-refractivity contribution in [3.8, 4) is 5.88 Å². The Bertz CT molecular complexity index is 598. The van der Waals surface area contributed by atoms with Crippen LogP contribution in [0.5, 0.6) is 5.88 Å². The summed E-state index contributed by atoms with van der Waals surface area (Å²) in [6, 6.07) is 1.33. The highest BCUT2D eigenvalue weighted by molar-refractivity contribution is 7.09. The normalized spacial score (nSPS) is 10.4. The number of nitrogen functional groups attached to an aromatic ring is 1. The van der Waals surface area contributed by atoms with Gasteiger partial charge < -0.3 is 15.6 Å². The molecule has 0 aliphatic heterocycles. The Labute approximate surface area is 113 Å². The number of hydrogen-bond donors (Lipinski definition) is 2. The molecule has 0 aliphatic carbocycles. The summed E-state index contributed by atoms with van der Waals surface area (Å²) in [5, 5.41) is 8.93. The molecule has 6 nitrogen and oxygen atoms in total. The van der Waals surface area contributed by atoms with Gasteiger partial charge in [-0.25, -0.2) is 14.8 Å². The van der Waals surface area contributed by atoms with Gasteiger partial charge in [0.05, 0.1) is 35.3 Å². The van der Waals surface area contributed by atoms with E-state index in [1.54, 1.807) is 16.8 Å². The third-order valence-corrected chi connectivity index (χ3v) is 3.56. The van der Waals surface area contributed by atoms with Gasteiger partial charge in [-0.3, -0.25) is 0 Å². The largest absolute Gasteiger partial charge is 0.478 e. The van der Waals surface area contributed by atoms with Crippen molar-refractivity contribution in [3.63, 3.8) is 0 Å². The van der Waals surface area contributed by atoms with Crippen LogP contribution in [0.4, 0.5) is 5.69 Å². The lowest BCUT2D eigenvalue weighted by atomic mass is 10.2. The number of thiazole rings is 1. The first kappa shape index (κ1) is 13.3. The van der Waals surface area contributed by atoms with Gasteiger partial charge in [-0.2, -0.15) is 0 Å². The van der Waals surface area contributed by atoms with Crippen molar-refractivity contribution in [1.29, 1.82) is 0 Å². The minimum atomic E-state index is -1.09. The maximum absolute atomic E-state index is 10.9. The molecule has 2 aromatic rings. The molecule has 19 heavy (non-hydrogen) atoms. The Morgan fingerprint density at radius 2 is 2.32 bits per heavy atom. The predicted molar refractivity (Wildman–Crippen MR) is 71.7 cm³/mol. The van der Waals surface area contributed by atoms with Crippen molar-refractivity contribution >= 4 is 23.0 Å². The summed E-state index contributed by atoms with van der Waals surface area (Å²) >= 11 is 1.57. The van der Waals surface area contributed by atoms with Gasteiger partial charge in [0.15, 0.2) is 0 Å². The quantitative estimate of drug-likeness (QED) is 0.865. The second kappa shape index (κ2) is 5.66. The average Bonchev–Trinajstić information content (AvgIpc) is 2.77. The molecule has 2 rings (SSSR count). The SMILES string of the molecule is Cc1ncsc1CCOc1cc(C(=O)O)c(N)cn1. The minimum absolute atomic E-state index is 0.000953. The van der Waals surface area contributed by atoms with Gasteiger partial charge in [0, 0.05) is 17.4 Å². The number of hydrogen-bond acceptors (Lipinski definition) is 6. The van der Waals surface area contributed by atoms with Crippen LogP contribution in [0, 0.1) is 6.92 Å². The lowest BCUT2D eigenvalue weighted by molar-refractivity contribution is 0.0697. The molecule has 0 amide bonds. The lowest BCUT2D eigenvalue weighted by Crippen LogP contribution is -2.07. The molecule has 0 aliphatic rings. The molecule has 0 radical (unpaired) electrons. The zero-order chi connectivity index (χ0) is 13.8. The van der Waals surface area contributed by atoms with Crippen LogP contribution >= 0.6 is 11.3 Å². The summed E-state index contributed by atoms with van der Waals surface area (Å²) in [6.45, 7) is 2.36. The number of rotatable bonds is 5. The Hall–Kier alpha value is -2.15. The summed E-state index contributed by atoms with van der Waals surface area (Å²) in [7, 11) is 0. The second-order valence-corrected chi connectivity index (χ2v) is 4.81. The number of pyridine rings is 1. The van der Waals surface area contributed by atoms with Crippen LogP contribution in [0.15, 0.2) is 17.8 Å². The highest BCUT2D eigenvalue weighted by Crippen LogP contribution is 2.17. The first-order chi connectivity index (χ1) is 9.08. The Kier molecular flexibility index (Phi) is 3.96. The number of aromatic carboxylic acids is 1. The number of carboxylic acid groups (broad SMARTS) is 1. The van der Waals surface area contributed by atoms with E-state index in [1.807, 2.05) is 6.92 Å². The minimum Gasteiger partial charge on any atom is -0.478 e. The molecule has 100 valence electrons. The van der Waals surface area contributed by atoms with E-state index in [4.69, 9.17) is 15.6 Å². The van der Waals surface area contributed by atoms with Crippen molar-refractivity contribution in [2.75, 3.05) is 12.3 Å². The fourth-order valence-corrected chi connectivity index (χ4v) is 2.29. The third-order valence-electron chi connectivity index (χ3n) is 2.56. The van der Waals surface area contributed by atoms with Crippen molar-refractivity contribution in [2.24, 2.45) is 0 Å². The molecular weight excluding hydrogens is 266 g/mol. The van der Waals surface area contributed by atoms with Crippen LogP contribution in [-0.2, 0) is 6.42 Å². The van der Waals surface area contributed by atoms with Gasteiger partial charge >= 0.3 is 5.97 Å². The van der Waals surface area contributed by atoms with Crippen LogP contribution in [0.25, 0.3) is 0 Å². The number of anilines is 1. The van der Waals surface area contributed by atoms with Crippen LogP contribution in [0.3, 0.4) is 0 Å². The molecule has 0 unspecified atom stereocenters. The van der Waals surface area contributed by atoms with E-state index < -0.39 is 5.97 Å². The highest BCUT2D eigenvalue weighted by atomic mass is 32.1. The molecule has 0 spiro atoms. The zero-order valence-electron chi connectivity index (χ0n) is 10.3. The van der Waals surface area contributed by atoms with E-state index in [9.17, 15) is 4.79 Å². The molecule has 0 atom stereocenters. The third kappa shape index (κ3) is 3.19. The molecule has 0 saturated carbocycles. The molecule has 0 aromatic carbocycles. The zero-order valence-corrected chi connectivity index (χ0v) is 11.1. The van der Waals surface area contributed by atoms with E-state index in [0.717, 1.165) is 10.6 Å². The van der Waals surface area contributed by atoms with Gasteiger partial charge in [0.2, 0.25) is 5.88 Å². The highest BCUT2D eigenvalue weighted by Gasteiger charge is 2.10. The monoisotopic (exact) mass is 279 g/mol. The standard InChI is InChI=1S/C12H13N3O3S/c1-7-10(19-6-15-7)2-3-18-11-4-8(12(16)17)9(13)5-14-11/h4-6H,2-3,13H2,1H3,(H,16,17). The number of carboxylic acids is 1. The summed E-state index contributed by atoms with van der Waals surface area (Å²) in [5.41, 5.74) is 8.41. The van der Waals surface area contributed by atoms with Gasteiger partial charge in [-0.1, -0.05) is 0 Å². The molecule has 0 bridgehead atoms. The van der Waals surface area contributed by atoms with Crippen LogP contribution < -0.4 is 10.5 Å². The molecule has 3 N–H and O–H groups in total. The van der Waals surface area contributed by atoms with Gasteiger partial charge in [-0.05, 0) is 6.92 Å². The van der Waals surface area contributed by atoms with Crippen molar-refractivity contribution < 1.29 is 14.6 Å². The molecule has 0 fully saturated rings. The van der Waals surface area contributed by atoms with Gasteiger partial charge in [0.25, 0.3) is 0 Å². The van der Waals surface area contributed by atoms with E-state index in [2.05, 4.69) is 9.97 Å². The number of carbonyl (C=O) groups is 1. The Morgan fingerprint density at radius 3 is 2.95 bits per heavy atom. The summed E-state index contributed by atoms with van der Waals surface area (Å²) in [5.74, 6) is -0.836. The fraction of sp³-hybridized carbons (Fsp3) is 0.250. The van der Waals surface area contributed by atoms with Crippen LogP contribution in [0.1, 0.15) is 20.9 Å². The van der Waals surface area contributed by atoms with Crippen molar-refractivity contribution in [3.05, 3.63) is 33.9 Å². The Balaban J connectivity index is 1.98. The summed E-state index contributed by atoms with van der Waals surface area (Å²) in [4.78, 5) is 20.1. The number of nitrogens with zero attached hydrogens (tertiary/aromatic N) is 2. The lowest BCUT2D eigenvalue weighted by Gasteiger charge is -2.06. The molecule has 0 saturated heterocycles. The van der Waals surface area contributed by atoms with E-state index in [-0.39, 0.29) is 17.1 Å².